The first-order valence-corrected chi connectivity index (χ1v) is 2.87. The Morgan fingerprint density at radius 3 is 2.50 bits per heavy atom. The number of rotatable bonds is 2. The zero-order valence-corrected chi connectivity index (χ0v) is 5.81. The van der Waals surface area contributed by atoms with E-state index < -0.39 is 0 Å². The third-order valence-corrected chi connectivity index (χ3v) is 1.02. The number of aliphatic imine (C=N–C) groups is 1. The van der Waals surface area contributed by atoms with Crippen LogP contribution in [0.15, 0.2) is 16.6 Å². The minimum atomic E-state index is 0.854. The van der Waals surface area contributed by atoms with E-state index in [4.69, 9.17) is 0 Å². The third kappa shape index (κ3) is 3.59. The van der Waals surface area contributed by atoms with E-state index in [9.17, 15) is 0 Å². The predicted octanol–water partition coefficient (Wildman–Crippen LogP) is 2.04. The minimum Gasteiger partial charge on any atom is -0.293 e. The zero-order chi connectivity index (χ0) is 6.41. The topological polar surface area (TPSA) is 12.4 Å². The Balaban J connectivity index is 3.40. The second-order valence-corrected chi connectivity index (χ2v) is 1.73. The summed E-state index contributed by atoms with van der Waals surface area (Å²) in [7, 11) is 0. The summed E-state index contributed by atoms with van der Waals surface area (Å²) in [6.45, 7) is 6.89. The molecule has 8 heavy (non-hydrogen) atoms. The van der Waals surface area contributed by atoms with Crippen LogP contribution in [0, 0.1) is 0 Å². The van der Waals surface area contributed by atoms with Crippen molar-refractivity contribution in [2.24, 2.45) is 4.99 Å². The number of hydrogen-bond donors (Lipinski definition) is 0. The normalized spacial score (nSPS) is 13.1. The lowest BCUT2D eigenvalue weighted by molar-refractivity contribution is 1.13. The summed E-state index contributed by atoms with van der Waals surface area (Å²) >= 11 is 0. The second-order valence-electron chi connectivity index (χ2n) is 1.73. The Kier molecular flexibility index (Phi) is 4.23. The average Bonchev–Trinajstić information content (AvgIpc) is 1.83. The van der Waals surface area contributed by atoms with E-state index in [0.717, 1.165) is 6.54 Å². The van der Waals surface area contributed by atoms with Gasteiger partial charge in [0.2, 0.25) is 0 Å². The summed E-state index contributed by atoms with van der Waals surface area (Å²) in [5.74, 6) is 0. The van der Waals surface area contributed by atoms with Gasteiger partial charge in [-0.05, 0) is 27.0 Å². The summed E-state index contributed by atoms with van der Waals surface area (Å²) < 4.78 is 0. The van der Waals surface area contributed by atoms with E-state index in [0.29, 0.717) is 0 Å². The molecule has 1 nitrogen and oxygen atoms in total. The predicted molar refractivity (Wildman–Crippen MR) is 38.5 cm³/mol. The molecule has 0 atom stereocenters. The first kappa shape index (κ1) is 7.41. The fraction of sp³-hybridized carbons (Fsp3) is 0.571. The Morgan fingerprint density at radius 1 is 1.50 bits per heavy atom. The Labute approximate surface area is 51.1 Å². The molecule has 0 aromatic carbocycles. The summed E-state index contributed by atoms with van der Waals surface area (Å²) in [4.78, 5) is 4.05. The Hall–Kier alpha value is -0.590. The first-order valence-electron chi connectivity index (χ1n) is 2.87. The Morgan fingerprint density at radius 2 is 2.12 bits per heavy atom. The lowest BCUT2D eigenvalue weighted by Crippen LogP contribution is -1.80. The summed E-state index contributed by atoms with van der Waals surface area (Å²) in [5, 5.41) is 0. The van der Waals surface area contributed by atoms with Crippen molar-refractivity contribution in [1.82, 2.24) is 0 Å². The standard InChI is InChI=1S/C7H13N/c1-4-7(3)6-8-5-2/h4-5H,6H2,1-3H3/b7-4+,8-5?. The van der Waals surface area contributed by atoms with Gasteiger partial charge >= 0.3 is 0 Å². The monoisotopic (exact) mass is 111 g/mol. The molecule has 0 aliphatic rings. The fourth-order valence-corrected chi connectivity index (χ4v) is 0.327. The minimum absolute atomic E-state index is 0.854. The Bertz CT molecular complexity index is 101. The van der Waals surface area contributed by atoms with Gasteiger partial charge in [0.25, 0.3) is 0 Å². The molecule has 0 fully saturated rings. The largest absolute Gasteiger partial charge is 0.293 e. The molecule has 46 valence electrons. The van der Waals surface area contributed by atoms with Gasteiger partial charge in [0, 0.05) is 0 Å². The van der Waals surface area contributed by atoms with E-state index in [1.807, 2.05) is 20.1 Å². The highest BCUT2D eigenvalue weighted by atomic mass is 14.7. The first-order chi connectivity index (χ1) is 3.81. The van der Waals surface area contributed by atoms with Gasteiger partial charge in [0.05, 0.1) is 6.54 Å². The maximum absolute atomic E-state index is 4.05. The van der Waals surface area contributed by atoms with E-state index in [-0.39, 0.29) is 0 Å². The number of nitrogens with zero attached hydrogens (tertiary/aromatic N) is 1. The number of allylic oxidation sites excluding steroid dienone is 1. The average molecular weight is 111 g/mol. The van der Waals surface area contributed by atoms with Crippen molar-refractivity contribution in [1.29, 1.82) is 0 Å². The molecule has 0 radical (unpaired) electrons. The van der Waals surface area contributed by atoms with Gasteiger partial charge in [0.1, 0.15) is 0 Å². The van der Waals surface area contributed by atoms with Crippen molar-refractivity contribution in [3.63, 3.8) is 0 Å². The molecule has 0 saturated heterocycles. The zero-order valence-electron chi connectivity index (χ0n) is 5.81. The maximum atomic E-state index is 4.05. The van der Waals surface area contributed by atoms with Gasteiger partial charge in [-0.25, -0.2) is 0 Å². The highest BCUT2D eigenvalue weighted by molar-refractivity contribution is 5.53. The van der Waals surface area contributed by atoms with Crippen LogP contribution >= 0.6 is 0 Å². The van der Waals surface area contributed by atoms with Gasteiger partial charge < -0.3 is 0 Å². The van der Waals surface area contributed by atoms with Crippen LogP contribution in [0.1, 0.15) is 20.8 Å². The van der Waals surface area contributed by atoms with Gasteiger partial charge in [-0.3, -0.25) is 4.99 Å². The molecule has 0 aliphatic carbocycles. The molecular weight excluding hydrogens is 98.1 g/mol. The van der Waals surface area contributed by atoms with Crippen molar-refractivity contribution < 1.29 is 0 Å². The molecule has 0 rings (SSSR count). The van der Waals surface area contributed by atoms with E-state index >= 15 is 0 Å². The summed E-state index contributed by atoms with van der Waals surface area (Å²) in [6.07, 6.45) is 3.90. The molecular formula is C7H13N. The van der Waals surface area contributed by atoms with Crippen LogP contribution in [0.25, 0.3) is 0 Å². The second kappa shape index (κ2) is 4.57. The molecule has 0 unspecified atom stereocenters. The maximum Gasteiger partial charge on any atom is 0.0592 e. The molecule has 0 aromatic heterocycles. The van der Waals surface area contributed by atoms with Gasteiger partial charge in [-0.2, -0.15) is 0 Å². The molecule has 0 N–H and O–H groups in total. The summed E-state index contributed by atoms with van der Waals surface area (Å²) in [5.41, 5.74) is 1.32. The molecule has 1 heteroatoms. The highest BCUT2D eigenvalue weighted by Gasteiger charge is 1.78. The molecule has 0 spiro atoms. The van der Waals surface area contributed by atoms with Crippen molar-refractivity contribution in [3.05, 3.63) is 11.6 Å². The van der Waals surface area contributed by atoms with Crippen LogP contribution in [0.2, 0.25) is 0 Å². The van der Waals surface area contributed by atoms with Gasteiger partial charge in [-0.1, -0.05) is 11.6 Å². The van der Waals surface area contributed by atoms with Crippen molar-refractivity contribution in [3.8, 4) is 0 Å². The van der Waals surface area contributed by atoms with Crippen LogP contribution in [-0.2, 0) is 0 Å². The molecule has 0 heterocycles. The van der Waals surface area contributed by atoms with Crippen molar-refractivity contribution in [2.45, 2.75) is 20.8 Å². The van der Waals surface area contributed by atoms with Crippen molar-refractivity contribution >= 4 is 6.21 Å². The molecule has 0 saturated carbocycles. The molecule has 0 amide bonds. The quantitative estimate of drug-likeness (QED) is 0.382. The van der Waals surface area contributed by atoms with Gasteiger partial charge in [0.15, 0.2) is 0 Å². The third-order valence-electron chi connectivity index (χ3n) is 1.02. The van der Waals surface area contributed by atoms with E-state index in [1.165, 1.54) is 5.57 Å². The lowest BCUT2D eigenvalue weighted by Gasteiger charge is -1.88. The highest BCUT2D eigenvalue weighted by Crippen LogP contribution is 1.89. The lowest BCUT2D eigenvalue weighted by atomic mass is 10.3. The van der Waals surface area contributed by atoms with Crippen LogP contribution in [0.5, 0.6) is 0 Å². The number of hydrogen-bond acceptors (Lipinski definition) is 1. The van der Waals surface area contributed by atoms with Crippen LogP contribution in [0.3, 0.4) is 0 Å². The van der Waals surface area contributed by atoms with Crippen LogP contribution in [0.4, 0.5) is 0 Å². The molecule has 0 aromatic rings. The fourth-order valence-electron chi connectivity index (χ4n) is 0.327. The SMILES string of the molecule is CC=NC/C(C)=C/C. The van der Waals surface area contributed by atoms with E-state index in [1.54, 1.807) is 0 Å². The smallest absolute Gasteiger partial charge is 0.0592 e. The van der Waals surface area contributed by atoms with E-state index in [2.05, 4.69) is 18.0 Å². The molecule has 0 bridgehead atoms. The van der Waals surface area contributed by atoms with Crippen LogP contribution < -0.4 is 0 Å². The van der Waals surface area contributed by atoms with Crippen LogP contribution in [-0.4, -0.2) is 12.8 Å². The summed E-state index contributed by atoms with van der Waals surface area (Å²) in [6, 6.07) is 0. The van der Waals surface area contributed by atoms with Crippen molar-refractivity contribution in [2.75, 3.05) is 6.54 Å². The van der Waals surface area contributed by atoms with Gasteiger partial charge in [-0.15, -0.1) is 0 Å². The molecule has 0 aliphatic heterocycles.